The van der Waals surface area contributed by atoms with Gasteiger partial charge < -0.3 is 9.64 Å². The first-order valence-corrected chi connectivity index (χ1v) is 7.51. The highest BCUT2D eigenvalue weighted by Gasteiger charge is 2.55. The molecule has 1 aromatic heterocycles. The zero-order valence-corrected chi connectivity index (χ0v) is 13.1. The summed E-state index contributed by atoms with van der Waals surface area (Å²) < 4.78 is 7.07. The molecule has 1 aliphatic carbocycles. The SMILES string of the molecule is CO[C@@H]1CCN(c2c([N+](=O)[O-])cnn2C)CC2(CC2)[C@@H]1N=[N+]=[N-]. The molecule has 1 spiro atoms. The van der Waals surface area contributed by atoms with Gasteiger partial charge in [-0.1, -0.05) is 5.11 Å². The van der Waals surface area contributed by atoms with Gasteiger partial charge in [-0.05, 0) is 30.2 Å². The van der Waals surface area contributed by atoms with Crippen LogP contribution >= 0.6 is 0 Å². The van der Waals surface area contributed by atoms with Crippen molar-refractivity contribution < 1.29 is 9.66 Å². The fraction of sp³-hybridized carbons (Fsp3) is 0.769. The second kappa shape index (κ2) is 5.71. The molecule has 2 heterocycles. The molecule has 2 atom stereocenters. The molecule has 1 aromatic rings. The van der Waals surface area contributed by atoms with Crippen molar-refractivity contribution in [1.29, 1.82) is 0 Å². The highest BCUT2D eigenvalue weighted by atomic mass is 16.6. The second-order valence-electron chi connectivity index (χ2n) is 6.23. The van der Waals surface area contributed by atoms with Crippen molar-refractivity contribution in [2.45, 2.75) is 31.4 Å². The van der Waals surface area contributed by atoms with Crippen LogP contribution in [-0.2, 0) is 11.8 Å². The fourth-order valence-corrected chi connectivity index (χ4v) is 3.60. The number of nitrogens with zero attached hydrogens (tertiary/aromatic N) is 7. The summed E-state index contributed by atoms with van der Waals surface area (Å²) in [5, 5.41) is 19.3. The summed E-state index contributed by atoms with van der Waals surface area (Å²) in [5.41, 5.74) is 8.71. The Hall–Kier alpha value is -2.32. The molecule has 10 heteroatoms. The number of anilines is 1. The minimum atomic E-state index is -0.411. The average Bonchev–Trinajstić information content (AvgIpc) is 3.22. The van der Waals surface area contributed by atoms with Crippen molar-refractivity contribution in [3.63, 3.8) is 0 Å². The van der Waals surface area contributed by atoms with Crippen LogP contribution in [0.3, 0.4) is 0 Å². The fourth-order valence-electron chi connectivity index (χ4n) is 3.60. The van der Waals surface area contributed by atoms with E-state index in [0.717, 1.165) is 12.8 Å². The van der Waals surface area contributed by atoms with E-state index in [9.17, 15) is 10.1 Å². The summed E-state index contributed by atoms with van der Waals surface area (Å²) in [4.78, 5) is 15.8. The van der Waals surface area contributed by atoms with Gasteiger partial charge in [-0.3, -0.25) is 10.1 Å². The number of nitro groups is 1. The Bertz CT molecular complexity index is 663. The Balaban J connectivity index is 1.97. The van der Waals surface area contributed by atoms with Gasteiger partial charge >= 0.3 is 5.69 Å². The van der Waals surface area contributed by atoms with Crippen molar-refractivity contribution in [1.82, 2.24) is 9.78 Å². The lowest BCUT2D eigenvalue weighted by molar-refractivity contribution is -0.384. The van der Waals surface area contributed by atoms with Crippen LogP contribution in [0, 0.1) is 15.5 Å². The number of aromatic nitrogens is 2. The molecule has 0 unspecified atom stereocenters. The minimum absolute atomic E-state index is 0.000462. The smallest absolute Gasteiger partial charge is 0.331 e. The van der Waals surface area contributed by atoms with Crippen molar-refractivity contribution in [3.8, 4) is 0 Å². The number of azide groups is 1. The van der Waals surface area contributed by atoms with Crippen LogP contribution in [0.4, 0.5) is 11.5 Å². The van der Waals surface area contributed by atoms with Crippen LogP contribution in [0.15, 0.2) is 11.3 Å². The van der Waals surface area contributed by atoms with E-state index in [2.05, 4.69) is 15.1 Å². The first-order chi connectivity index (χ1) is 11.0. The maximum absolute atomic E-state index is 11.3. The Labute approximate surface area is 132 Å². The quantitative estimate of drug-likeness (QED) is 0.276. The lowest BCUT2D eigenvalue weighted by Gasteiger charge is -2.28. The molecular formula is C13H19N7O3. The predicted octanol–water partition coefficient (Wildman–Crippen LogP) is 2.01. The number of methoxy groups -OCH3 is 1. The van der Waals surface area contributed by atoms with E-state index in [0.29, 0.717) is 25.3 Å². The average molecular weight is 321 g/mol. The summed E-state index contributed by atoms with van der Waals surface area (Å²) in [6.45, 7) is 1.20. The molecule has 124 valence electrons. The molecule has 2 aliphatic rings. The van der Waals surface area contributed by atoms with Crippen LogP contribution in [0.25, 0.3) is 10.4 Å². The van der Waals surface area contributed by atoms with E-state index in [-0.39, 0.29) is 23.2 Å². The van der Waals surface area contributed by atoms with Gasteiger partial charge in [0.1, 0.15) is 6.20 Å². The van der Waals surface area contributed by atoms with Crippen molar-refractivity contribution >= 4 is 11.5 Å². The largest absolute Gasteiger partial charge is 0.381 e. The Kier molecular flexibility index (Phi) is 3.87. The standard InChI is InChI=1S/C13H19N7O3/c1-18-12(9(7-15-18)20(21)22)19-6-3-10(23-2)11(16-17-14)13(8-19)4-5-13/h7,10-11H,3-6,8H2,1-2H3/t10-,11-/m1/s1. The molecule has 1 saturated carbocycles. The van der Waals surface area contributed by atoms with Crippen LogP contribution in [0.5, 0.6) is 0 Å². The first-order valence-electron chi connectivity index (χ1n) is 7.51. The van der Waals surface area contributed by atoms with Gasteiger partial charge in [0.2, 0.25) is 5.82 Å². The highest BCUT2D eigenvalue weighted by molar-refractivity contribution is 5.58. The maximum Gasteiger partial charge on any atom is 0.331 e. The van der Waals surface area contributed by atoms with Crippen LogP contribution < -0.4 is 4.90 Å². The maximum atomic E-state index is 11.3. The highest BCUT2D eigenvalue weighted by Crippen LogP contribution is 2.54. The van der Waals surface area contributed by atoms with Gasteiger partial charge in [0, 0.05) is 32.2 Å². The third kappa shape index (κ3) is 2.60. The third-order valence-corrected chi connectivity index (χ3v) is 4.92. The molecule has 0 N–H and O–H groups in total. The van der Waals surface area contributed by atoms with E-state index in [4.69, 9.17) is 10.3 Å². The lowest BCUT2D eigenvalue weighted by atomic mass is 9.92. The minimum Gasteiger partial charge on any atom is -0.381 e. The molecule has 0 aromatic carbocycles. The van der Waals surface area contributed by atoms with Crippen molar-refractivity contribution in [2.24, 2.45) is 17.6 Å². The van der Waals surface area contributed by atoms with Gasteiger partial charge in [-0.25, -0.2) is 4.68 Å². The van der Waals surface area contributed by atoms with Crippen molar-refractivity contribution in [3.05, 3.63) is 26.8 Å². The normalized spacial score (nSPS) is 25.7. The molecule has 23 heavy (non-hydrogen) atoms. The number of rotatable bonds is 4. The number of hydrogen-bond acceptors (Lipinski definition) is 6. The zero-order valence-electron chi connectivity index (χ0n) is 13.1. The molecule has 2 fully saturated rings. The first kappa shape index (κ1) is 15.6. The molecule has 0 bridgehead atoms. The molecule has 10 nitrogen and oxygen atoms in total. The summed E-state index contributed by atoms with van der Waals surface area (Å²) in [6, 6.07) is -0.241. The monoisotopic (exact) mass is 321 g/mol. The van der Waals surface area contributed by atoms with Gasteiger partial charge in [-0.15, -0.1) is 0 Å². The summed E-state index contributed by atoms with van der Waals surface area (Å²) in [7, 11) is 3.31. The van der Waals surface area contributed by atoms with Crippen LogP contribution in [0.2, 0.25) is 0 Å². The van der Waals surface area contributed by atoms with E-state index in [1.165, 1.54) is 10.9 Å². The van der Waals surface area contributed by atoms with E-state index in [1.807, 2.05) is 4.90 Å². The molecule has 1 aliphatic heterocycles. The van der Waals surface area contributed by atoms with Crippen LogP contribution in [0.1, 0.15) is 19.3 Å². The van der Waals surface area contributed by atoms with Gasteiger partial charge in [0.15, 0.2) is 0 Å². The lowest BCUT2D eigenvalue weighted by Crippen LogP contribution is -2.37. The summed E-state index contributed by atoms with van der Waals surface area (Å²) >= 11 is 0. The molecule has 1 saturated heterocycles. The molecule has 3 rings (SSSR count). The Morgan fingerprint density at radius 3 is 2.91 bits per heavy atom. The Morgan fingerprint density at radius 2 is 2.35 bits per heavy atom. The van der Waals surface area contributed by atoms with Gasteiger partial charge in [-0.2, -0.15) is 5.10 Å². The molecule has 0 amide bonds. The predicted molar refractivity (Wildman–Crippen MR) is 82.1 cm³/mol. The second-order valence-corrected chi connectivity index (χ2v) is 6.23. The zero-order chi connectivity index (χ0) is 16.6. The summed E-state index contributed by atoms with van der Waals surface area (Å²) in [6.07, 6.45) is 3.60. The summed E-state index contributed by atoms with van der Waals surface area (Å²) in [5.74, 6) is 0.498. The third-order valence-electron chi connectivity index (χ3n) is 4.92. The van der Waals surface area contributed by atoms with Gasteiger partial charge in [0.25, 0.3) is 0 Å². The molecule has 0 radical (unpaired) electrons. The van der Waals surface area contributed by atoms with Crippen LogP contribution in [-0.4, -0.2) is 47.0 Å². The van der Waals surface area contributed by atoms with Gasteiger partial charge in [0.05, 0.1) is 17.1 Å². The number of ether oxygens (including phenoxy) is 1. The van der Waals surface area contributed by atoms with Crippen molar-refractivity contribution in [2.75, 3.05) is 25.1 Å². The number of hydrogen-bond donors (Lipinski definition) is 0. The van der Waals surface area contributed by atoms with E-state index >= 15 is 0 Å². The number of aryl methyl sites for hydroxylation is 1. The molecular weight excluding hydrogens is 302 g/mol. The Morgan fingerprint density at radius 1 is 1.61 bits per heavy atom. The van der Waals surface area contributed by atoms with E-state index in [1.54, 1.807) is 14.2 Å². The topological polar surface area (TPSA) is 122 Å². The van der Waals surface area contributed by atoms with E-state index < -0.39 is 4.92 Å².